The van der Waals surface area contributed by atoms with Crippen LogP contribution in [0.1, 0.15) is 11.3 Å². The first-order valence-electron chi connectivity index (χ1n) is 8.84. The van der Waals surface area contributed by atoms with Crippen LogP contribution in [-0.2, 0) is 6.18 Å². The van der Waals surface area contributed by atoms with Crippen molar-refractivity contribution in [2.75, 3.05) is 0 Å². The molecule has 0 aliphatic carbocycles. The lowest BCUT2D eigenvalue weighted by Crippen LogP contribution is -2.09. The summed E-state index contributed by atoms with van der Waals surface area (Å²) in [5.74, 6) is -0.475. The van der Waals surface area contributed by atoms with Crippen LogP contribution in [0, 0.1) is 12.9 Å². The number of pyridine rings is 2. The van der Waals surface area contributed by atoms with Gasteiger partial charge in [0.25, 0.3) is 0 Å². The van der Waals surface area contributed by atoms with Crippen molar-refractivity contribution in [3.8, 4) is 17.1 Å². The lowest BCUT2D eigenvalue weighted by Gasteiger charge is -2.11. The van der Waals surface area contributed by atoms with Crippen molar-refractivity contribution in [2.45, 2.75) is 13.1 Å². The number of fused-ring (bicyclic) bond motifs is 2. The number of nitrogens with one attached hydrogen (secondary N) is 1. The van der Waals surface area contributed by atoms with Crippen molar-refractivity contribution in [1.29, 1.82) is 0 Å². The fraction of sp³-hybridized carbons (Fsp3) is 0.100. The zero-order chi connectivity index (χ0) is 21.0. The molecule has 4 aromatic heterocycles. The summed E-state index contributed by atoms with van der Waals surface area (Å²) < 4.78 is 55.2. The van der Waals surface area contributed by atoms with E-state index in [1.165, 1.54) is 29.0 Å². The maximum Gasteiger partial charge on any atom is 0.433 e. The van der Waals surface area contributed by atoms with Gasteiger partial charge in [0.15, 0.2) is 5.65 Å². The van der Waals surface area contributed by atoms with Gasteiger partial charge >= 0.3 is 6.18 Å². The molecule has 6 nitrogen and oxygen atoms in total. The molecular formula is C20H12F4N6. The zero-order valence-corrected chi connectivity index (χ0v) is 15.4. The number of H-pyrrole nitrogens is 1. The summed E-state index contributed by atoms with van der Waals surface area (Å²) in [7, 11) is 0. The Hall–Kier alpha value is -3.82. The highest BCUT2D eigenvalue weighted by molar-refractivity contribution is 5.86. The van der Waals surface area contributed by atoms with Crippen LogP contribution in [0.15, 0.2) is 48.8 Å². The van der Waals surface area contributed by atoms with E-state index in [9.17, 15) is 17.6 Å². The second-order valence-corrected chi connectivity index (χ2v) is 6.77. The molecule has 1 N–H and O–H groups in total. The molecule has 4 heterocycles. The third-order valence-electron chi connectivity index (χ3n) is 4.77. The van der Waals surface area contributed by atoms with E-state index < -0.39 is 17.8 Å². The Balaban J connectivity index is 1.87. The van der Waals surface area contributed by atoms with Gasteiger partial charge in [-0.05, 0) is 42.8 Å². The molecule has 0 saturated heterocycles. The van der Waals surface area contributed by atoms with Crippen molar-refractivity contribution in [3.63, 3.8) is 0 Å². The molecule has 1 aromatic carbocycles. The first kappa shape index (κ1) is 18.2. The highest BCUT2D eigenvalue weighted by atomic mass is 19.4. The second-order valence-electron chi connectivity index (χ2n) is 6.77. The summed E-state index contributed by atoms with van der Waals surface area (Å²) in [6.07, 6.45) is -1.73. The third-order valence-corrected chi connectivity index (χ3v) is 4.77. The Bertz CT molecular complexity index is 1420. The normalized spacial score (nSPS) is 12.2. The fourth-order valence-electron chi connectivity index (χ4n) is 3.44. The maximum atomic E-state index is 13.8. The van der Waals surface area contributed by atoms with E-state index in [0.717, 1.165) is 22.5 Å². The summed E-state index contributed by atoms with van der Waals surface area (Å²) in [6.45, 7) is 1.85. The highest BCUT2D eigenvalue weighted by Crippen LogP contribution is 2.33. The maximum absolute atomic E-state index is 13.8. The first-order chi connectivity index (χ1) is 14.3. The molecule has 0 unspecified atom stereocenters. The lowest BCUT2D eigenvalue weighted by molar-refractivity contribution is -0.141. The van der Waals surface area contributed by atoms with Crippen molar-refractivity contribution in [1.82, 2.24) is 29.7 Å². The zero-order valence-electron chi connectivity index (χ0n) is 15.4. The number of hydrogen-bond donors (Lipinski definition) is 1. The summed E-state index contributed by atoms with van der Waals surface area (Å²) in [5, 5.41) is 7.67. The molecule has 0 radical (unpaired) electrons. The summed E-state index contributed by atoms with van der Waals surface area (Å²) in [5.41, 5.74) is 1.76. The molecule has 0 aliphatic rings. The van der Waals surface area contributed by atoms with E-state index >= 15 is 0 Å². The van der Waals surface area contributed by atoms with Crippen molar-refractivity contribution in [2.24, 2.45) is 0 Å². The lowest BCUT2D eigenvalue weighted by atomic mass is 10.1. The number of aromatic amines is 1. The number of hydrogen-bond acceptors (Lipinski definition) is 4. The van der Waals surface area contributed by atoms with Crippen LogP contribution in [0.5, 0.6) is 0 Å². The molecule has 0 saturated carbocycles. The molecule has 30 heavy (non-hydrogen) atoms. The Labute approximate surface area is 166 Å². The summed E-state index contributed by atoms with van der Waals surface area (Å²) >= 11 is 0. The van der Waals surface area contributed by atoms with Gasteiger partial charge in [0.2, 0.25) is 5.95 Å². The molecule has 5 aromatic rings. The Morgan fingerprint density at radius 1 is 1.03 bits per heavy atom. The van der Waals surface area contributed by atoms with Crippen molar-refractivity contribution < 1.29 is 17.6 Å². The SMILES string of the molecule is Cc1cc(-n2c(-c3ccnc([18F])c3)nc3ccc(C(F)(F)F)nc32)cc2cn[nH]c12. The van der Waals surface area contributed by atoms with E-state index in [2.05, 4.69) is 25.1 Å². The van der Waals surface area contributed by atoms with E-state index in [4.69, 9.17) is 0 Å². The number of aromatic nitrogens is 6. The quantitative estimate of drug-likeness (QED) is 0.334. The van der Waals surface area contributed by atoms with Gasteiger partial charge in [-0.3, -0.25) is 9.67 Å². The Morgan fingerprint density at radius 3 is 2.63 bits per heavy atom. The van der Waals surface area contributed by atoms with Gasteiger partial charge in [0.1, 0.15) is 17.0 Å². The van der Waals surface area contributed by atoms with Gasteiger partial charge in [-0.1, -0.05) is 0 Å². The second kappa shape index (κ2) is 6.34. The van der Waals surface area contributed by atoms with E-state index in [0.29, 0.717) is 11.3 Å². The number of halogens is 4. The Morgan fingerprint density at radius 2 is 1.87 bits per heavy atom. The van der Waals surface area contributed by atoms with Gasteiger partial charge in [-0.15, -0.1) is 0 Å². The molecule has 0 bridgehead atoms. The smallest absolute Gasteiger partial charge is 0.278 e. The predicted molar refractivity (Wildman–Crippen MR) is 101 cm³/mol. The number of nitrogens with zero attached hydrogens (tertiary/aromatic N) is 5. The topological polar surface area (TPSA) is 72.3 Å². The Kier molecular flexibility index (Phi) is 3.85. The van der Waals surface area contributed by atoms with Crippen LogP contribution in [0.2, 0.25) is 0 Å². The number of rotatable bonds is 2. The molecule has 10 heteroatoms. The molecule has 0 aliphatic heterocycles. The van der Waals surface area contributed by atoms with E-state index in [1.54, 1.807) is 18.3 Å². The van der Waals surface area contributed by atoms with Gasteiger partial charge in [0.05, 0.1) is 17.4 Å². The molecule has 0 spiro atoms. The molecule has 0 fully saturated rings. The molecular weight excluding hydrogens is 399 g/mol. The van der Waals surface area contributed by atoms with Crippen LogP contribution in [-0.4, -0.2) is 29.7 Å². The average Bonchev–Trinajstić information content (AvgIpc) is 3.31. The van der Waals surface area contributed by atoms with E-state index in [-0.39, 0.29) is 17.0 Å². The van der Waals surface area contributed by atoms with Crippen molar-refractivity contribution >= 4 is 22.1 Å². The number of aryl methyl sites for hydroxylation is 1. The number of imidazole rings is 1. The van der Waals surface area contributed by atoms with Crippen LogP contribution >= 0.6 is 0 Å². The van der Waals surface area contributed by atoms with Crippen LogP contribution in [0.25, 0.3) is 39.1 Å². The van der Waals surface area contributed by atoms with Crippen molar-refractivity contribution in [3.05, 3.63) is 66.0 Å². The molecule has 150 valence electrons. The van der Waals surface area contributed by atoms with Gasteiger partial charge in [-0.25, -0.2) is 15.0 Å². The summed E-state index contributed by atoms with van der Waals surface area (Å²) in [6, 6.07) is 8.38. The fourth-order valence-corrected chi connectivity index (χ4v) is 3.44. The van der Waals surface area contributed by atoms with Gasteiger partial charge in [0, 0.05) is 23.2 Å². The summed E-state index contributed by atoms with van der Waals surface area (Å²) in [4.78, 5) is 11.8. The van der Waals surface area contributed by atoms with Crippen LogP contribution in [0.4, 0.5) is 17.6 Å². The first-order valence-corrected chi connectivity index (χ1v) is 8.84. The predicted octanol–water partition coefficient (Wildman–Crippen LogP) is 4.83. The van der Waals surface area contributed by atoms with Gasteiger partial charge in [-0.2, -0.15) is 22.7 Å². The average molecular weight is 411 g/mol. The standard InChI is InChI=1S/C20H12F4N6/c1-10-6-13(7-12-9-26-29-17(10)12)30-18(11-4-5-25-16(21)8-11)27-14-2-3-15(20(22,23)24)28-19(14)30/h2-9H,1H3,(H,26,29)/i21-1. The number of alkyl halides is 3. The van der Waals surface area contributed by atoms with Crippen LogP contribution in [0.3, 0.4) is 0 Å². The minimum Gasteiger partial charge on any atom is -0.278 e. The molecule has 0 atom stereocenters. The molecule has 5 rings (SSSR count). The van der Waals surface area contributed by atoms with Gasteiger partial charge < -0.3 is 0 Å². The highest BCUT2D eigenvalue weighted by Gasteiger charge is 2.33. The minimum absolute atomic E-state index is 0.0132. The molecule has 0 amide bonds. The largest absolute Gasteiger partial charge is 0.433 e. The minimum atomic E-state index is -4.61. The number of benzene rings is 1. The monoisotopic (exact) mass is 411 g/mol. The van der Waals surface area contributed by atoms with Crippen LogP contribution < -0.4 is 0 Å². The van der Waals surface area contributed by atoms with E-state index in [1.807, 2.05) is 6.92 Å². The third kappa shape index (κ3) is 2.88.